The van der Waals surface area contributed by atoms with Gasteiger partial charge in [0.25, 0.3) is 5.91 Å². The average molecular weight is 465 g/mol. The van der Waals surface area contributed by atoms with Gasteiger partial charge in [-0.2, -0.15) is 9.13 Å². The van der Waals surface area contributed by atoms with Gasteiger partial charge in [-0.3, -0.25) is 4.79 Å². The zero-order chi connectivity index (χ0) is 23.3. The van der Waals surface area contributed by atoms with Gasteiger partial charge in [-0.25, -0.2) is 0 Å². The first-order valence-electron chi connectivity index (χ1n) is 10.6. The highest BCUT2D eigenvalue weighted by Gasteiger charge is 2.12. The minimum absolute atomic E-state index is 0.106. The van der Waals surface area contributed by atoms with E-state index in [1.807, 2.05) is 100.0 Å². The molecule has 7 heteroatoms. The standard InChI is InChI=1S/C27H19N4O2S/c32-27(26-5-2-18-34-26)28-23-3-1-4-25(19-23)31-16-12-21(13-17-31)20-10-14-30(15-11-20)24-8-6-22(29-33)7-9-24/h1-19H/q+1/p+1. The Bertz CT molecular complexity index is 1430. The number of pyridine rings is 2. The van der Waals surface area contributed by atoms with Gasteiger partial charge in [0.1, 0.15) is 5.69 Å². The fourth-order valence-corrected chi connectivity index (χ4v) is 4.23. The lowest BCUT2D eigenvalue weighted by molar-refractivity contribution is -0.596. The molecule has 34 heavy (non-hydrogen) atoms. The Labute approximate surface area is 200 Å². The van der Waals surface area contributed by atoms with Crippen LogP contribution in [-0.2, 0) is 0 Å². The molecule has 6 nitrogen and oxygen atoms in total. The van der Waals surface area contributed by atoms with E-state index in [0.717, 1.165) is 28.2 Å². The van der Waals surface area contributed by atoms with Crippen molar-refractivity contribution < 1.29 is 13.9 Å². The number of carbonyl (C=O) groups is 1. The van der Waals surface area contributed by atoms with E-state index in [4.69, 9.17) is 0 Å². The van der Waals surface area contributed by atoms with E-state index >= 15 is 0 Å². The minimum atomic E-state index is -0.106. The van der Waals surface area contributed by atoms with E-state index in [1.54, 1.807) is 12.1 Å². The summed E-state index contributed by atoms with van der Waals surface area (Å²) < 4.78 is 3.99. The minimum Gasteiger partial charge on any atom is -0.321 e. The molecule has 0 atom stereocenters. The maximum absolute atomic E-state index is 12.3. The van der Waals surface area contributed by atoms with Gasteiger partial charge in [0, 0.05) is 54.2 Å². The summed E-state index contributed by atoms with van der Waals surface area (Å²) >= 11 is 1.42. The first kappa shape index (κ1) is 21.4. The fraction of sp³-hybridized carbons (Fsp3) is 0. The second-order valence-corrected chi connectivity index (χ2v) is 8.53. The Morgan fingerprint density at radius 2 is 1.38 bits per heavy atom. The number of carbonyl (C=O) groups excluding carboxylic acids is 1. The van der Waals surface area contributed by atoms with Crippen LogP contribution in [0.15, 0.2) is 120 Å². The van der Waals surface area contributed by atoms with Crippen molar-refractivity contribution >= 4 is 28.6 Å². The normalized spacial score (nSPS) is 10.6. The summed E-state index contributed by atoms with van der Waals surface area (Å²) in [5.41, 5.74) is 5.24. The molecular weight excluding hydrogens is 444 g/mol. The molecule has 0 spiro atoms. The monoisotopic (exact) mass is 464 g/mol. The molecule has 0 aliphatic rings. The molecule has 0 unspecified atom stereocenters. The number of hydrogen-bond donors (Lipinski definition) is 1. The molecule has 1 amide bonds. The van der Waals surface area contributed by atoms with Crippen LogP contribution in [-0.4, -0.2) is 5.91 Å². The Morgan fingerprint density at radius 1 is 0.735 bits per heavy atom. The molecule has 0 fully saturated rings. The molecule has 2 aromatic carbocycles. The Kier molecular flexibility index (Phi) is 6.01. The smallest absolute Gasteiger partial charge is 0.265 e. The maximum Gasteiger partial charge on any atom is 0.265 e. The summed E-state index contributed by atoms with van der Waals surface area (Å²) in [5.74, 6) is -0.106. The highest BCUT2D eigenvalue weighted by molar-refractivity contribution is 7.12. The van der Waals surface area contributed by atoms with Gasteiger partial charge in [0.2, 0.25) is 11.4 Å². The molecule has 164 valence electrons. The van der Waals surface area contributed by atoms with Gasteiger partial charge in [-0.05, 0) is 45.9 Å². The summed E-state index contributed by atoms with van der Waals surface area (Å²) in [5, 5.41) is 7.78. The van der Waals surface area contributed by atoms with Gasteiger partial charge in [-0.15, -0.1) is 16.2 Å². The summed E-state index contributed by atoms with van der Waals surface area (Å²) in [6, 6.07) is 26.7. The van der Waals surface area contributed by atoms with Crippen LogP contribution in [0.3, 0.4) is 0 Å². The average Bonchev–Trinajstić information content (AvgIpc) is 3.45. The highest BCUT2D eigenvalue weighted by atomic mass is 32.1. The van der Waals surface area contributed by atoms with Crippen LogP contribution in [0.25, 0.3) is 22.5 Å². The van der Waals surface area contributed by atoms with Crippen molar-refractivity contribution in [1.29, 1.82) is 0 Å². The van der Waals surface area contributed by atoms with Crippen LogP contribution < -0.4 is 14.5 Å². The number of rotatable bonds is 6. The summed E-state index contributed by atoms with van der Waals surface area (Å²) in [7, 11) is 0. The van der Waals surface area contributed by atoms with E-state index in [-0.39, 0.29) is 5.91 Å². The number of nitrogens with one attached hydrogen (secondary N) is 1. The molecule has 0 saturated heterocycles. The number of amides is 1. The Balaban J connectivity index is 1.31. The van der Waals surface area contributed by atoms with E-state index < -0.39 is 0 Å². The van der Waals surface area contributed by atoms with Gasteiger partial charge < -0.3 is 5.32 Å². The molecule has 0 bridgehead atoms. The van der Waals surface area contributed by atoms with E-state index in [0.29, 0.717) is 10.6 Å². The molecule has 0 aliphatic heterocycles. The highest BCUT2D eigenvalue weighted by Crippen LogP contribution is 2.19. The zero-order valence-corrected chi connectivity index (χ0v) is 18.9. The van der Waals surface area contributed by atoms with Crippen LogP contribution in [0.2, 0.25) is 0 Å². The van der Waals surface area contributed by atoms with Crippen LogP contribution in [0.4, 0.5) is 11.4 Å². The number of thiophene rings is 1. The van der Waals surface area contributed by atoms with E-state index in [9.17, 15) is 9.70 Å². The van der Waals surface area contributed by atoms with Gasteiger partial charge >= 0.3 is 0 Å². The van der Waals surface area contributed by atoms with Crippen molar-refractivity contribution in [3.05, 3.63) is 125 Å². The van der Waals surface area contributed by atoms with Crippen LogP contribution in [0.5, 0.6) is 0 Å². The van der Waals surface area contributed by atoms with E-state index in [2.05, 4.69) is 22.6 Å². The van der Waals surface area contributed by atoms with Crippen molar-refractivity contribution in [3.63, 3.8) is 0 Å². The first-order chi connectivity index (χ1) is 16.7. The molecule has 5 aromatic rings. The van der Waals surface area contributed by atoms with Crippen LogP contribution in [0.1, 0.15) is 9.67 Å². The van der Waals surface area contributed by atoms with Crippen molar-refractivity contribution in [1.82, 2.24) is 0 Å². The number of nitrogens with zero attached hydrogens (tertiary/aromatic N) is 3. The molecule has 0 aliphatic carbocycles. The first-order valence-corrected chi connectivity index (χ1v) is 11.5. The number of hydrogen-bond acceptors (Lipinski definition) is 4. The Hall–Kier alpha value is -4.49. The zero-order valence-electron chi connectivity index (χ0n) is 18.0. The molecule has 1 N–H and O–H groups in total. The fourth-order valence-electron chi connectivity index (χ4n) is 3.61. The molecule has 3 aromatic heterocycles. The molecular formula is C27H20N4O2S+2. The molecule has 0 saturated carbocycles. The van der Waals surface area contributed by atoms with Crippen LogP contribution in [0, 0.1) is 4.91 Å². The predicted molar refractivity (Wildman–Crippen MR) is 133 cm³/mol. The van der Waals surface area contributed by atoms with Crippen molar-refractivity contribution in [2.75, 3.05) is 5.32 Å². The van der Waals surface area contributed by atoms with E-state index in [1.165, 1.54) is 11.3 Å². The maximum atomic E-state index is 12.3. The second kappa shape index (κ2) is 9.56. The lowest BCUT2D eigenvalue weighted by Gasteiger charge is -2.05. The number of aromatic nitrogens is 2. The third kappa shape index (κ3) is 4.65. The lowest BCUT2D eigenvalue weighted by Crippen LogP contribution is -2.29. The lowest BCUT2D eigenvalue weighted by atomic mass is 10.1. The molecule has 0 radical (unpaired) electrons. The van der Waals surface area contributed by atoms with Gasteiger partial charge in [0.15, 0.2) is 24.8 Å². The summed E-state index contributed by atoms with van der Waals surface area (Å²) in [6.45, 7) is 0. The predicted octanol–water partition coefficient (Wildman–Crippen LogP) is 5.62. The van der Waals surface area contributed by atoms with Crippen molar-refractivity contribution in [2.24, 2.45) is 5.18 Å². The summed E-state index contributed by atoms with van der Waals surface area (Å²) in [6.07, 6.45) is 7.97. The molecule has 3 heterocycles. The number of nitroso groups, excluding NO2 is 1. The van der Waals surface area contributed by atoms with Gasteiger partial charge in [-0.1, -0.05) is 12.1 Å². The van der Waals surface area contributed by atoms with Crippen molar-refractivity contribution in [2.45, 2.75) is 0 Å². The van der Waals surface area contributed by atoms with Gasteiger partial charge in [0.05, 0.1) is 4.88 Å². The Morgan fingerprint density at radius 3 is 1.97 bits per heavy atom. The van der Waals surface area contributed by atoms with Crippen LogP contribution >= 0.6 is 11.3 Å². The quantitative estimate of drug-likeness (QED) is 0.262. The van der Waals surface area contributed by atoms with Crippen molar-refractivity contribution in [3.8, 4) is 22.5 Å². The number of anilines is 1. The topological polar surface area (TPSA) is 66.3 Å². The second-order valence-electron chi connectivity index (χ2n) is 7.58. The third-order valence-corrected chi connectivity index (χ3v) is 6.26. The SMILES string of the molecule is O=Nc1ccc(-[n+]2ccc(-c3cc[n+](-c4cccc(NC(=O)c5cccs5)c4)cc3)cc2)cc1. The summed E-state index contributed by atoms with van der Waals surface area (Å²) in [4.78, 5) is 23.6. The number of benzene rings is 2. The third-order valence-electron chi connectivity index (χ3n) is 5.39. The largest absolute Gasteiger partial charge is 0.321 e. The molecule has 5 rings (SSSR count).